The highest BCUT2D eigenvalue weighted by atomic mass is 16.5. The van der Waals surface area contributed by atoms with E-state index in [4.69, 9.17) is 9.47 Å². The molecule has 0 amide bonds. The summed E-state index contributed by atoms with van der Waals surface area (Å²) in [5.74, 6) is 1.68. The van der Waals surface area contributed by atoms with Crippen LogP contribution in [0.3, 0.4) is 0 Å². The van der Waals surface area contributed by atoms with Crippen molar-refractivity contribution in [1.82, 2.24) is 0 Å². The van der Waals surface area contributed by atoms with Gasteiger partial charge in [0.2, 0.25) is 0 Å². The van der Waals surface area contributed by atoms with E-state index in [2.05, 4.69) is 25.2 Å². The van der Waals surface area contributed by atoms with Crippen molar-refractivity contribution in [3.05, 3.63) is 127 Å². The zero-order chi connectivity index (χ0) is 26.7. The molecule has 0 aromatic heterocycles. The lowest BCUT2D eigenvalue weighted by Crippen LogP contribution is -2.09. The molecule has 198 valence electrons. The fraction of sp³-hybridized carbons (Fsp3) is 0.286. The van der Waals surface area contributed by atoms with Crippen LogP contribution in [0.5, 0.6) is 17.2 Å². The van der Waals surface area contributed by atoms with Crippen LogP contribution in [0.4, 0.5) is 0 Å². The average molecular weight is 509 g/mol. The summed E-state index contributed by atoms with van der Waals surface area (Å²) in [6, 6.07) is 13.4. The zero-order valence-corrected chi connectivity index (χ0v) is 22.6. The third-order valence-electron chi connectivity index (χ3n) is 6.20. The molecule has 0 saturated carbocycles. The Kier molecular flexibility index (Phi) is 13.3. The van der Waals surface area contributed by atoms with E-state index in [-0.39, 0.29) is 0 Å². The quantitative estimate of drug-likeness (QED) is 0.0674. The van der Waals surface area contributed by atoms with E-state index >= 15 is 0 Å². The van der Waals surface area contributed by atoms with Crippen LogP contribution in [0.1, 0.15) is 69.4 Å². The summed E-state index contributed by atoms with van der Waals surface area (Å²) in [7, 11) is 0. The summed E-state index contributed by atoms with van der Waals surface area (Å²) in [6.07, 6.45) is 34.3. The highest BCUT2D eigenvalue weighted by Gasteiger charge is 2.20. The number of carbonyl (C=O) groups is 1. The fourth-order valence-electron chi connectivity index (χ4n) is 4.15. The molecule has 0 spiro atoms. The summed E-state index contributed by atoms with van der Waals surface area (Å²) in [5, 5.41) is 0. The first-order valence-corrected chi connectivity index (χ1v) is 13.9. The van der Waals surface area contributed by atoms with Gasteiger partial charge in [-0.1, -0.05) is 137 Å². The van der Waals surface area contributed by atoms with Crippen LogP contribution in [-0.2, 0) is 11.2 Å². The summed E-state index contributed by atoms with van der Waals surface area (Å²) in [4.78, 5) is 12.3. The molecule has 0 aliphatic carbocycles. The standard InChI is InChI=1S/C35H40O3/c1-2-3-4-5-6-7-8-9-10-11-12-13-14-15-16-17-18-19-20-28-35(36)38-34-27-23-26-33-31(34)29-30-24-21-22-25-32(30)37-33/h10-28H,2-9,29H2,1H3/b11-10+,13-12+,15-14+,17-16+,19-18+,28-20+. The maximum Gasteiger partial charge on any atom is 0.336 e. The zero-order valence-electron chi connectivity index (χ0n) is 22.6. The summed E-state index contributed by atoms with van der Waals surface area (Å²) < 4.78 is 11.5. The molecule has 0 N–H and O–H groups in total. The molecule has 0 bridgehead atoms. The topological polar surface area (TPSA) is 35.5 Å². The Morgan fingerprint density at radius 2 is 1.37 bits per heavy atom. The molecule has 38 heavy (non-hydrogen) atoms. The second-order valence-electron chi connectivity index (χ2n) is 9.28. The Hall–Kier alpha value is -3.85. The molecule has 2 aromatic carbocycles. The molecule has 0 atom stereocenters. The Morgan fingerprint density at radius 1 is 0.737 bits per heavy atom. The molecular formula is C35H40O3. The van der Waals surface area contributed by atoms with E-state index in [1.165, 1.54) is 51.0 Å². The minimum atomic E-state index is -0.420. The molecule has 1 aliphatic heterocycles. The van der Waals surface area contributed by atoms with Crippen molar-refractivity contribution in [1.29, 1.82) is 0 Å². The van der Waals surface area contributed by atoms with Gasteiger partial charge in [0, 0.05) is 18.1 Å². The van der Waals surface area contributed by atoms with Gasteiger partial charge < -0.3 is 9.47 Å². The summed E-state index contributed by atoms with van der Waals surface area (Å²) >= 11 is 0. The van der Waals surface area contributed by atoms with Crippen LogP contribution in [0.15, 0.2) is 115 Å². The van der Waals surface area contributed by atoms with Gasteiger partial charge >= 0.3 is 5.97 Å². The van der Waals surface area contributed by atoms with E-state index in [9.17, 15) is 4.79 Å². The van der Waals surface area contributed by atoms with Gasteiger partial charge in [-0.15, -0.1) is 0 Å². The largest absolute Gasteiger partial charge is 0.457 e. The minimum absolute atomic E-state index is 0.420. The predicted octanol–water partition coefficient (Wildman–Crippen LogP) is 9.77. The Morgan fingerprint density at radius 3 is 2.13 bits per heavy atom. The Labute approximate surface area is 228 Å². The van der Waals surface area contributed by atoms with Crippen molar-refractivity contribution >= 4 is 5.97 Å². The van der Waals surface area contributed by atoms with Crippen molar-refractivity contribution in [2.75, 3.05) is 0 Å². The first-order valence-electron chi connectivity index (χ1n) is 13.9. The van der Waals surface area contributed by atoms with Gasteiger partial charge in [0.25, 0.3) is 0 Å². The second-order valence-corrected chi connectivity index (χ2v) is 9.28. The molecule has 3 rings (SSSR count). The summed E-state index contributed by atoms with van der Waals surface area (Å²) in [6.45, 7) is 2.26. The molecular weight excluding hydrogens is 468 g/mol. The van der Waals surface area contributed by atoms with Crippen molar-refractivity contribution in [2.45, 2.75) is 64.7 Å². The average Bonchev–Trinajstić information content (AvgIpc) is 2.93. The minimum Gasteiger partial charge on any atom is -0.457 e. The molecule has 0 unspecified atom stereocenters. The predicted molar refractivity (Wildman–Crippen MR) is 159 cm³/mol. The van der Waals surface area contributed by atoms with E-state index in [1.54, 1.807) is 18.2 Å². The summed E-state index contributed by atoms with van der Waals surface area (Å²) in [5.41, 5.74) is 1.96. The fourth-order valence-corrected chi connectivity index (χ4v) is 4.15. The number of para-hydroxylation sites is 1. The Bertz CT molecular complexity index is 1180. The second kappa shape index (κ2) is 17.6. The van der Waals surface area contributed by atoms with Gasteiger partial charge in [0.05, 0.1) is 0 Å². The maximum absolute atomic E-state index is 12.3. The van der Waals surface area contributed by atoms with Crippen LogP contribution in [0.25, 0.3) is 0 Å². The number of hydrogen-bond donors (Lipinski definition) is 0. The lowest BCUT2D eigenvalue weighted by atomic mass is 9.99. The first kappa shape index (κ1) is 28.7. The van der Waals surface area contributed by atoms with Gasteiger partial charge in [-0.25, -0.2) is 4.79 Å². The van der Waals surface area contributed by atoms with E-state index in [1.807, 2.05) is 72.9 Å². The maximum atomic E-state index is 12.3. The van der Waals surface area contributed by atoms with Crippen molar-refractivity contribution in [3.63, 3.8) is 0 Å². The highest BCUT2D eigenvalue weighted by molar-refractivity contribution is 5.84. The van der Waals surface area contributed by atoms with E-state index < -0.39 is 5.97 Å². The van der Waals surface area contributed by atoms with Crippen LogP contribution < -0.4 is 9.47 Å². The highest BCUT2D eigenvalue weighted by Crippen LogP contribution is 2.40. The van der Waals surface area contributed by atoms with Crippen molar-refractivity contribution < 1.29 is 14.3 Å². The number of rotatable bonds is 15. The van der Waals surface area contributed by atoms with Crippen LogP contribution in [0.2, 0.25) is 0 Å². The third kappa shape index (κ3) is 10.6. The molecule has 0 radical (unpaired) electrons. The molecule has 3 heteroatoms. The van der Waals surface area contributed by atoms with Crippen LogP contribution in [0, 0.1) is 0 Å². The molecule has 3 nitrogen and oxygen atoms in total. The molecule has 1 heterocycles. The molecule has 0 saturated heterocycles. The number of fused-ring (bicyclic) bond motifs is 2. The van der Waals surface area contributed by atoms with Gasteiger partial charge in [-0.3, -0.25) is 0 Å². The molecule has 1 aliphatic rings. The van der Waals surface area contributed by atoms with Crippen LogP contribution >= 0.6 is 0 Å². The lowest BCUT2D eigenvalue weighted by molar-refractivity contribution is -0.129. The monoisotopic (exact) mass is 508 g/mol. The van der Waals surface area contributed by atoms with E-state index in [0.29, 0.717) is 12.2 Å². The van der Waals surface area contributed by atoms with Gasteiger partial charge in [0.1, 0.15) is 17.2 Å². The number of hydrogen-bond acceptors (Lipinski definition) is 3. The van der Waals surface area contributed by atoms with Gasteiger partial charge in [-0.05, 0) is 36.6 Å². The number of ether oxygens (including phenoxy) is 2. The van der Waals surface area contributed by atoms with Crippen molar-refractivity contribution in [3.8, 4) is 17.2 Å². The SMILES string of the molecule is CCCCCCCCC/C=C/C=C/C=C/C=C/C=C/C=C/C(=O)Oc1cccc2c1Cc1ccccc1O2. The van der Waals surface area contributed by atoms with Gasteiger partial charge in [0.15, 0.2) is 0 Å². The van der Waals surface area contributed by atoms with Gasteiger partial charge in [-0.2, -0.15) is 0 Å². The van der Waals surface area contributed by atoms with Crippen LogP contribution in [-0.4, -0.2) is 5.97 Å². The molecule has 0 fully saturated rings. The third-order valence-corrected chi connectivity index (χ3v) is 6.20. The lowest BCUT2D eigenvalue weighted by Gasteiger charge is -2.21. The van der Waals surface area contributed by atoms with E-state index in [0.717, 1.165) is 29.0 Å². The number of benzene rings is 2. The normalized spacial score (nSPS) is 13.3. The molecule has 2 aromatic rings. The van der Waals surface area contributed by atoms with Crippen molar-refractivity contribution in [2.24, 2.45) is 0 Å². The number of carbonyl (C=O) groups excluding carboxylic acids is 1. The number of esters is 1. The first-order chi connectivity index (χ1) is 18.8. The Balaban J connectivity index is 1.31. The number of allylic oxidation sites excluding steroid dienone is 11. The smallest absolute Gasteiger partial charge is 0.336 e. The number of unbranched alkanes of at least 4 members (excludes halogenated alkanes) is 7.